The number of nitrogens with one attached hydrogen (secondary N) is 2. The number of hydrogen-bond acceptors (Lipinski definition) is 4. The molecule has 0 amide bonds. The third-order valence-corrected chi connectivity index (χ3v) is 6.03. The lowest BCUT2D eigenvalue weighted by Crippen LogP contribution is -2.12. The summed E-state index contributed by atoms with van der Waals surface area (Å²) in [5.74, 6) is -1.89. The summed E-state index contributed by atoms with van der Waals surface area (Å²) >= 11 is 0. The zero-order valence-corrected chi connectivity index (χ0v) is 18.4. The van der Waals surface area contributed by atoms with Crippen LogP contribution in [0.5, 0.6) is 0 Å². The van der Waals surface area contributed by atoms with Crippen molar-refractivity contribution in [2.24, 2.45) is 0 Å². The van der Waals surface area contributed by atoms with Crippen molar-refractivity contribution in [2.75, 3.05) is 10.0 Å². The highest BCUT2D eigenvalue weighted by molar-refractivity contribution is 7.86. The number of rotatable bonds is 7. The molecule has 0 aliphatic rings. The summed E-state index contributed by atoms with van der Waals surface area (Å²) in [5.41, 5.74) is 3.83. The van der Waals surface area contributed by atoms with Gasteiger partial charge in [0.1, 0.15) is 5.52 Å². The van der Waals surface area contributed by atoms with E-state index in [0.717, 1.165) is 16.8 Å². The molecule has 1 unspecified atom stereocenters. The van der Waals surface area contributed by atoms with E-state index in [1.165, 1.54) is 0 Å². The van der Waals surface area contributed by atoms with Crippen LogP contribution in [0.25, 0.3) is 22.4 Å². The van der Waals surface area contributed by atoms with E-state index in [4.69, 9.17) is 4.98 Å². The lowest BCUT2D eigenvalue weighted by atomic mass is 10.2. The summed E-state index contributed by atoms with van der Waals surface area (Å²) in [5, 5.41) is 8.69. The van der Waals surface area contributed by atoms with Crippen molar-refractivity contribution < 1.29 is 13.0 Å². The van der Waals surface area contributed by atoms with Gasteiger partial charge in [0.2, 0.25) is 0 Å². The van der Waals surface area contributed by atoms with Crippen LogP contribution in [-0.2, 0) is 17.5 Å². The molecule has 0 saturated heterocycles. The molecule has 0 fully saturated rings. The molecule has 3 heterocycles. The summed E-state index contributed by atoms with van der Waals surface area (Å²) in [6, 6.07) is 20.8. The first-order chi connectivity index (χ1) is 16.0. The van der Waals surface area contributed by atoms with Crippen LogP contribution in [0, 0.1) is 6.92 Å². The Morgan fingerprint density at radius 3 is 2.61 bits per heavy atom. The SMILES string of the molecule is Cc1cc2c(NS(=O)C(F)F)cccc2n1-c1nc(NCc2ccccc2)c2cccn2n1. The fourth-order valence-corrected chi connectivity index (χ4v) is 4.28. The molecule has 2 N–H and O–H groups in total. The van der Waals surface area contributed by atoms with Crippen LogP contribution in [0.1, 0.15) is 11.3 Å². The van der Waals surface area contributed by atoms with E-state index in [0.29, 0.717) is 34.9 Å². The normalized spacial score (nSPS) is 12.5. The number of hydrogen-bond donors (Lipinski definition) is 2. The minimum atomic E-state index is -2.99. The molecule has 0 bridgehead atoms. The number of aryl methyl sites for hydroxylation is 1. The Morgan fingerprint density at radius 1 is 1.03 bits per heavy atom. The van der Waals surface area contributed by atoms with Crippen molar-refractivity contribution in [3.05, 3.63) is 84.2 Å². The Hall–Kier alpha value is -3.79. The number of fused-ring (bicyclic) bond motifs is 2. The van der Waals surface area contributed by atoms with Gasteiger partial charge in [-0.1, -0.05) is 36.4 Å². The predicted octanol–water partition coefficient (Wildman–Crippen LogP) is 4.89. The number of benzene rings is 2. The van der Waals surface area contributed by atoms with Crippen LogP contribution in [0.4, 0.5) is 20.3 Å². The molecule has 0 spiro atoms. The Kier molecular flexibility index (Phi) is 5.51. The van der Waals surface area contributed by atoms with E-state index in [1.54, 1.807) is 16.6 Å². The van der Waals surface area contributed by atoms with Crippen LogP contribution in [0.3, 0.4) is 0 Å². The maximum absolute atomic E-state index is 12.8. The largest absolute Gasteiger partial charge is 0.364 e. The number of aromatic nitrogens is 4. The topological polar surface area (TPSA) is 76.2 Å². The third kappa shape index (κ3) is 4.05. The summed E-state index contributed by atoms with van der Waals surface area (Å²) in [6.07, 6.45) is 1.84. The van der Waals surface area contributed by atoms with Crippen molar-refractivity contribution in [1.82, 2.24) is 19.2 Å². The minimum Gasteiger partial charge on any atom is -0.364 e. The zero-order valence-electron chi connectivity index (χ0n) is 17.6. The first kappa shape index (κ1) is 21.1. The van der Waals surface area contributed by atoms with Crippen LogP contribution in [0.15, 0.2) is 72.9 Å². The standard InChI is InChI=1S/C23H20F2N6OS/c1-15-13-17-18(29-33(32)22(24)25)9-5-10-19(17)31(15)23-27-21(20-11-6-12-30(20)28-23)26-14-16-7-3-2-4-8-16/h2-13,22,29H,14H2,1H3,(H,26,27,28). The van der Waals surface area contributed by atoms with E-state index in [2.05, 4.69) is 15.1 Å². The first-order valence-corrected chi connectivity index (χ1v) is 11.4. The molecule has 2 aromatic carbocycles. The van der Waals surface area contributed by atoms with E-state index < -0.39 is 16.7 Å². The molecule has 10 heteroatoms. The van der Waals surface area contributed by atoms with Crippen molar-refractivity contribution in [3.63, 3.8) is 0 Å². The minimum absolute atomic E-state index is 0.359. The Bertz CT molecular complexity index is 1460. The summed E-state index contributed by atoms with van der Waals surface area (Å²) < 4.78 is 43.3. The number of alkyl halides is 2. The van der Waals surface area contributed by atoms with Crippen LogP contribution >= 0.6 is 0 Å². The third-order valence-electron chi connectivity index (χ3n) is 5.28. The molecule has 3 aromatic heterocycles. The maximum atomic E-state index is 12.8. The highest BCUT2D eigenvalue weighted by Gasteiger charge is 2.18. The van der Waals surface area contributed by atoms with Gasteiger partial charge in [0.25, 0.3) is 5.95 Å². The van der Waals surface area contributed by atoms with Gasteiger partial charge in [-0.05, 0) is 42.8 Å². The molecular weight excluding hydrogens is 446 g/mol. The molecule has 5 aromatic rings. The molecule has 1 atom stereocenters. The van der Waals surface area contributed by atoms with E-state index >= 15 is 0 Å². The zero-order chi connectivity index (χ0) is 22.9. The van der Waals surface area contributed by atoms with Crippen molar-refractivity contribution in [2.45, 2.75) is 19.2 Å². The quantitative estimate of drug-likeness (QED) is 0.358. The van der Waals surface area contributed by atoms with Gasteiger partial charge in [0, 0.05) is 23.8 Å². The van der Waals surface area contributed by atoms with Gasteiger partial charge in [-0.15, -0.1) is 5.10 Å². The molecule has 0 aliphatic carbocycles. The highest BCUT2D eigenvalue weighted by Crippen LogP contribution is 2.30. The molecule has 0 aliphatic heterocycles. The fourth-order valence-electron chi connectivity index (χ4n) is 3.80. The van der Waals surface area contributed by atoms with E-state index in [-0.39, 0.29) is 0 Å². The molecule has 7 nitrogen and oxygen atoms in total. The second-order valence-electron chi connectivity index (χ2n) is 7.46. The predicted molar refractivity (Wildman–Crippen MR) is 126 cm³/mol. The molecule has 5 rings (SSSR count). The van der Waals surface area contributed by atoms with Gasteiger partial charge < -0.3 is 5.32 Å². The Labute approximate surface area is 190 Å². The molecule has 0 saturated carbocycles. The molecule has 0 radical (unpaired) electrons. The van der Waals surface area contributed by atoms with Crippen LogP contribution in [-0.4, -0.2) is 29.1 Å². The molecular formula is C23H20F2N6OS. The van der Waals surface area contributed by atoms with Gasteiger partial charge in [0.05, 0.1) is 11.2 Å². The van der Waals surface area contributed by atoms with E-state index in [1.807, 2.05) is 72.3 Å². The summed E-state index contributed by atoms with van der Waals surface area (Å²) in [6.45, 7) is 2.48. The second kappa shape index (κ2) is 8.62. The monoisotopic (exact) mass is 466 g/mol. The number of anilines is 2. The van der Waals surface area contributed by atoms with Crippen LogP contribution < -0.4 is 10.0 Å². The van der Waals surface area contributed by atoms with Crippen molar-refractivity contribution in [3.8, 4) is 5.95 Å². The van der Waals surface area contributed by atoms with Crippen molar-refractivity contribution in [1.29, 1.82) is 0 Å². The lowest BCUT2D eigenvalue weighted by Gasteiger charge is -2.12. The summed E-state index contributed by atoms with van der Waals surface area (Å²) in [4.78, 5) is 4.78. The maximum Gasteiger partial charge on any atom is 0.330 e. The lowest BCUT2D eigenvalue weighted by molar-refractivity contribution is 0.244. The Morgan fingerprint density at radius 2 is 1.82 bits per heavy atom. The Balaban J connectivity index is 1.58. The van der Waals surface area contributed by atoms with E-state index in [9.17, 15) is 13.0 Å². The molecule has 33 heavy (non-hydrogen) atoms. The number of nitrogens with zero attached hydrogens (tertiary/aromatic N) is 4. The highest BCUT2D eigenvalue weighted by atomic mass is 32.2. The van der Waals surface area contributed by atoms with Crippen LogP contribution in [0.2, 0.25) is 0 Å². The first-order valence-electron chi connectivity index (χ1n) is 10.2. The second-order valence-corrected chi connectivity index (χ2v) is 8.61. The van der Waals surface area contributed by atoms with Gasteiger partial charge in [-0.2, -0.15) is 13.8 Å². The average molecular weight is 467 g/mol. The van der Waals surface area contributed by atoms with Gasteiger partial charge in [-0.3, -0.25) is 9.29 Å². The van der Waals surface area contributed by atoms with Crippen molar-refractivity contribution >= 4 is 38.9 Å². The smallest absolute Gasteiger partial charge is 0.330 e. The summed E-state index contributed by atoms with van der Waals surface area (Å²) in [7, 11) is -2.50. The fraction of sp³-hybridized carbons (Fsp3) is 0.130. The molecule has 168 valence electrons. The van der Waals surface area contributed by atoms with Gasteiger partial charge in [-0.25, -0.2) is 8.72 Å². The van der Waals surface area contributed by atoms with Gasteiger partial charge >= 0.3 is 5.76 Å². The number of halogens is 2. The van der Waals surface area contributed by atoms with Gasteiger partial charge in [0.15, 0.2) is 16.8 Å². The average Bonchev–Trinajstić information content (AvgIpc) is 3.42.